The van der Waals surface area contributed by atoms with Crippen LogP contribution in [0.25, 0.3) is 23.0 Å². The molecule has 0 aliphatic heterocycles. The van der Waals surface area contributed by atoms with Crippen molar-refractivity contribution in [2.24, 2.45) is 0 Å². The number of nitrogens with one attached hydrogen (secondary N) is 2. The summed E-state index contributed by atoms with van der Waals surface area (Å²) < 4.78 is 45.8. The molecule has 0 saturated heterocycles. The molecule has 0 saturated carbocycles. The molecule has 2 N–H and O–H groups in total. The summed E-state index contributed by atoms with van der Waals surface area (Å²) in [5.74, 6) is 0.792. The molecule has 0 aliphatic carbocycles. The van der Waals surface area contributed by atoms with Crippen LogP contribution < -0.4 is 10.6 Å². The topological polar surface area (TPSA) is 97.9 Å². The molecule has 3 aromatic carbocycles. The first kappa shape index (κ1) is 24.8. The Kier molecular flexibility index (Phi) is 6.65. The summed E-state index contributed by atoms with van der Waals surface area (Å²) in [7, 11) is 0. The molecule has 5 rings (SSSR count). The predicted molar refractivity (Wildman–Crippen MR) is 135 cm³/mol. The van der Waals surface area contributed by atoms with E-state index in [4.69, 9.17) is 4.52 Å². The number of nitrogens with zero attached hydrogens (tertiary/aromatic N) is 4. The van der Waals surface area contributed by atoms with E-state index in [2.05, 4.69) is 25.8 Å². The number of carbonyl (C=O) groups is 1. The first-order valence-electron chi connectivity index (χ1n) is 11.5. The van der Waals surface area contributed by atoms with Gasteiger partial charge in [-0.1, -0.05) is 53.2 Å². The normalized spacial score (nSPS) is 11.4. The monoisotopic (exact) mass is 518 g/mol. The van der Waals surface area contributed by atoms with Crippen LogP contribution >= 0.6 is 0 Å². The molecule has 8 nitrogen and oxygen atoms in total. The predicted octanol–water partition coefficient (Wildman–Crippen LogP) is 6.62. The molecule has 38 heavy (non-hydrogen) atoms. The van der Waals surface area contributed by atoms with Gasteiger partial charge < -0.3 is 19.7 Å². The van der Waals surface area contributed by atoms with Gasteiger partial charge in [0.25, 0.3) is 5.89 Å². The van der Waals surface area contributed by atoms with Gasteiger partial charge in [0, 0.05) is 29.7 Å². The first-order valence-corrected chi connectivity index (χ1v) is 11.5. The largest absolute Gasteiger partial charge is 0.416 e. The van der Waals surface area contributed by atoms with Gasteiger partial charge in [0.1, 0.15) is 5.69 Å². The van der Waals surface area contributed by atoms with Gasteiger partial charge in [-0.3, -0.25) is 0 Å². The molecule has 5 aromatic rings. The Balaban J connectivity index is 1.18. The second kappa shape index (κ2) is 10.2. The number of imidazole rings is 1. The third kappa shape index (κ3) is 5.89. The summed E-state index contributed by atoms with van der Waals surface area (Å²) in [6.45, 7) is 2.51. The molecule has 2 aromatic heterocycles. The highest BCUT2D eigenvalue weighted by Crippen LogP contribution is 2.30. The molecule has 0 unspecified atom stereocenters. The van der Waals surface area contributed by atoms with E-state index in [1.165, 1.54) is 12.1 Å². The van der Waals surface area contributed by atoms with Gasteiger partial charge in [-0.15, -0.1) is 0 Å². The second-order valence-corrected chi connectivity index (χ2v) is 8.58. The van der Waals surface area contributed by atoms with Gasteiger partial charge in [0.2, 0.25) is 5.82 Å². The van der Waals surface area contributed by atoms with Crippen molar-refractivity contribution in [1.82, 2.24) is 19.7 Å². The van der Waals surface area contributed by atoms with Crippen LogP contribution in [0.4, 0.5) is 29.3 Å². The number of halogens is 3. The Labute approximate surface area is 215 Å². The molecule has 0 fully saturated rings. The smallest absolute Gasteiger partial charge is 0.332 e. The van der Waals surface area contributed by atoms with Crippen LogP contribution in [0.2, 0.25) is 0 Å². The van der Waals surface area contributed by atoms with E-state index < -0.39 is 17.8 Å². The molecule has 0 radical (unpaired) electrons. The molecule has 0 aliphatic rings. The van der Waals surface area contributed by atoms with Crippen molar-refractivity contribution in [3.05, 3.63) is 102 Å². The summed E-state index contributed by atoms with van der Waals surface area (Å²) in [6.07, 6.45) is -1.05. The van der Waals surface area contributed by atoms with Crippen LogP contribution in [-0.2, 0) is 12.7 Å². The number of rotatable bonds is 6. The van der Waals surface area contributed by atoms with Crippen molar-refractivity contribution >= 4 is 17.4 Å². The quantitative estimate of drug-likeness (QED) is 0.263. The second-order valence-electron chi connectivity index (χ2n) is 8.58. The van der Waals surface area contributed by atoms with Crippen molar-refractivity contribution in [3.63, 3.8) is 0 Å². The van der Waals surface area contributed by atoms with E-state index in [9.17, 15) is 18.0 Å². The lowest BCUT2D eigenvalue weighted by Gasteiger charge is -2.11. The zero-order valence-electron chi connectivity index (χ0n) is 20.0. The van der Waals surface area contributed by atoms with E-state index in [0.717, 1.165) is 28.8 Å². The Bertz CT molecular complexity index is 1560. The van der Waals surface area contributed by atoms with Crippen LogP contribution in [0.1, 0.15) is 16.7 Å². The third-order valence-corrected chi connectivity index (χ3v) is 5.61. The molecule has 11 heteroatoms. The Hall–Kier alpha value is -4.93. The molecule has 2 heterocycles. The lowest BCUT2D eigenvalue weighted by atomic mass is 10.1. The molecule has 192 valence electrons. The number of aryl methyl sites for hydroxylation is 1. The summed E-state index contributed by atoms with van der Waals surface area (Å²) in [4.78, 5) is 21.0. The highest BCUT2D eigenvalue weighted by Gasteiger charge is 2.30. The van der Waals surface area contributed by atoms with Gasteiger partial charge in [-0.2, -0.15) is 18.2 Å². The Morgan fingerprint density at radius 3 is 2.45 bits per heavy atom. The lowest BCUT2D eigenvalue weighted by molar-refractivity contribution is -0.137. The fourth-order valence-corrected chi connectivity index (χ4v) is 3.68. The molecule has 0 spiro atoms. The highest BCUT2D eigenvalue weighted by molar-refractivity contribution is 5.99. The van der Waals surface area contributed by atoms with Gasteiger partial charge >= 0.3 is 12.2 Å². The molecular formula is C27H21F3N6O2. The minimum Gasteiger partial charge on any atom is -0.332 e. The van der Waals surface area contributed by atoms with E-state index in [1.54, 1.807) is 24.7 Å². The zero-order chi connectivity index (χ0) is 26.7. The van der Waals surface area contributed by atoms with E-state index in [0.29, 0.717) is 29.6 Å². The van der Waals surface area contributed by atoms with Gasteiger partial charge in [0.05, 0.1) is 11.9 Å². The maximum atomic E-state index is 12.9. The molecule has 0 atom stereocenters. The minimum atomic E-state index is -4.49. The first-order chi connectivity index (χ1) is 18.2. The van der Waals surface area contributed by atoms with Crippen molar-refractivity contribution in [1.29, 1.82) is 0 Å². The fourth-order valence-electron chi connectivity index (χ4n) is 3.68. The van der Waals surface area contributed by atoms with Crippen LogP contribution in [0.5, 0.6) is 0 Å². The van der Waals surface area contributed by atoms with Gasteiger partial charge in [-0.05, 0) is 42.8 Å². The number of hydrogen-bond donors (Lipinski definition) is 2. The van der Waals surface area contributed by atoms with Crippen molar-refractivity contribution in [2.75, 3.05) is 10.6 Å². The SMILES string of the molecule is Cc1ccc(-c2noc(-c3cn(Cc4ccc(NC(=O)Nc5cccc(C(F)(F)F)c5)cc4)cn3)n2)cc1. The zero-order valence-corrected chi connectivity index (χ0v) is 20.0. The van der Waals surface area contributed by atoms with Crippen molar-refractivity contribution < 1.29 is 22.5 Å². The van der Waals surface area contributed by atoms with Crippen LogP contribution in [0.15, 0.2) is 89.8 Å². The van der Waals surface area contributed by atoms with Crippen LogP contribution in [0, 0.1) is 6.92 Å². The van der Waals surface area contributed by atoms with Crippen LogP contribution in [0.3, 0.4) is 0 Å². The molecule has 2 amide bonds. The number of anilines is 2. The van der Waals surface area contributed by atoms with Gasteiger partial charge in [-0.25, -0.2) is 9.78 Å². The van der Waals surface area contributed by atoms with Gasteiger partial charge in [0.15, 0.2) is 0 Å². The Morgan fingerprint density at radius 2 is 1.71 bits per heavy atom. The van der Waals surface area contributed by atoms with Crippen LogP contribution in [-0.4, -0.2) is 25.7 Å². The van der Waals surface area contributed by atoms with E-state index in [1.807, 2.05) is 47.9 Å². The number of aromatic nitrogens is 4. The number of benzene rings is 3. The minimum absolute atomic E-state index is 0.0390. The fraction of sp³-hybridized carbons (Fsp3) is 0.111. The highest BCUT2D eigenvalue weighted by atomic mass is 19.4. The third-order valence-electron chi connectivity index (χ3n) is 5.61. The van der Waals surface area contributed by atoms with E-state index in [-0.39, 0.29) is 5.69 Å². The summed E-state index contributed by atoms with van der Waals surface area (Å²) >= 11 is 0. The summed E-state index contributed by atoms with van der Waals surface area (Å²) in [5.41, 5.74) is 3.15. The molecular weight excluding hydrogens is 497 g/mol. The number of amides is 2. The number of hydrogen-bond acceptors (Lipinski definition) is 5. The lowest BCUT2D eigenvalue weighted by Crippen LogP contribution is -2.19. The maximum absolute atomic E-state index is 12.9. The molecule has 0 bridgehead atoms. The standard InChI is InChI=1S/C27H21F3N6O2/c1-17-5-9-19(10-6-17)24-34-25(38-35-24)23-15-36(16-31-23)14-18-7-11-21(12-8-18)32-26(37)33-22-4-2-3-20(13-22)27(28,29)30/h2-13,15-16H,14H2,1H3,(H2,32,33,37). The number of carbonyl (C=O) groups excluding carboxylic acids is 1. The number of alkyl halides is 3. The summed E-state index contributed by atoms with van der Waals surface area (Å²) in [6, 6.07) is 18.6. The summed E-state index contributed by atoms with van der Waals surface area (Å²) in [5, 5.41) is 9.05. The van der Waals surface area contributed by atoms with Crippen molar-refractivity contribution in [3.8, 4) is 23.0 Å². The average Bonchev–Trinajstić information content (AvgIpc) is 3.55. The van der Waals surface area contributed by atoms with E-state index >= 15 is 0 Å². The average molecular weight is 518 g/mol. The van der Waals surface area contributed by atoms with Crippen molar-refractivity contribution in [2.45, 2.75) is 19.6 Å². The number of urea groups is 1. The maximum Gasteiger partial charge on any atom is 0.416 e. The Morgan fingerprint density at radius 1 is 0.974 bits per heavy atom.